The van der Waals surface area contributed by atoms with Gasteiger partial charge in [-0.2, -0.15) is 4.98 Å². The molecule has 0 unspecified atom stereocenters. The highest BCUT2D eigenvalue weighted by atomic mass is 15.2. The van der Waals surface area contributed by atoms with E-state index >= 15 is 0 Å². The lowest BCUT2D eigenvalue weighted by atomic mass is 9.90. The zero-order valence-corrected chi connectivity index (χ0v) is 15.4. The number of nitrogens with zero attached hydrogens (tertiary/aromatic N) is 4. The molecule has 5 nitrogen and oxygen atoms in total. The van der Waals surface area contributed by atoms with E-state index in [9.17, 15) is 0 Å². The van der Waals surface area contributed by atoms with Gasteiger partial charge in [0.05, 0.1) is 0 Å². The maximum Gasteiger partial charge on any atom is 0.224 e. The molecule has 1 fully saturated rings. The van der Waals surface area contributed by atoms with Gasteiger partial charge in [0.25, 0.3) is 0 Å². The molecular weight excluding hydrogens is 310 g/mol. The minimum absolute atomic E-state index is 0.728. The molecule has 134 valence electrons. The molecule has 1 aliphatic rings. The maximum absolute atomic E-state index is 4.69. The predicted octanol–water partition coefficient (Wildman–Crippen LogP) is 2.91. The fourth-order valence-electron chi connectivity index (χ4n) is 3.32. The number of hydrogen-bond donors (Lipinski definition) is 1. The van der Waals surface area contributed by atoms with E-state index in [-0.39, 0.29) is 0 Å². The smallest absolute Gasteiger partial charge is 0.224 e. The van der Waals surface area contributed by atoms with Crippen LogP contribution in [-0.4, -0.2) is 55.1 Å². The van der Waals surface area contributed by atoms with Crippen molar-refractivity contribution in [2.45, 2.75) is 19.3 Å². The van der Waals surface area contributed by atoms with E-state index in [1.807, 2.05) is 12.3 Å². The standard InChI is InChI=1S/C20H29N5/c1-24(2)15-12-22-20-21-11-8-19(23-20)25-13-9-18(10-14-25)16-17-6-4-3-5-7-17/h3-8,11,18H,9-10,12-16H2,1-2H3,(H,21,22,23). The van der Waals surface area contributed by atoms with Gasteiger partial charge in [-0.15, -0.1) is 0 Å². The third-order valence-electron chi connectivity index (χ3n) is 4.79. The van der Waals surface area contributed by atoms with Crippen molar-refractivity contribution in [1.82, 2.24) is 14.9 Å². The lowest BCUT2D eigenvalue weighted by molar-refractivity contribution is 0.402. The third kappa shape index (κ3) is 5.43. The summed E-state index contributed by atoms with van der Waals surface area (Å²) in [6.07, 6.45) is 5.50. The van der Waals surface area contributed by atoms with Crippen molar-refractivity contribution in [3.8, 4) is 0 Å². The lowest BCUT2D eigenvalue weighted by Gasteiger charge is -2.33. The van der Waals surface area contributed by atoms with Crippen LogP contribution in [0.5, 0.6) is 0 Å². The van der Waals surface area contributed by atoms with Crippen LogP contribution in [0, 0.1) is 5.92 Å². The summed E-state index contributed by atoms with van der Waals surface area (Å²) in [5.74, 6) is 2.55. The third-order valence-corrected chi connectivity index (χ3v) is 4.79. The highest BCUT2D eigenvalue weighted by Crippen LogP contribution is 2.25. The molecule has 0 aliphatic carbocycles. The first-order chi connectivity index (χ1) is 12.2. The van der Waals surface area contributed by atoms with Gasteiger partial charge in [-0.25, -0.2) is 4.98 Å². The lowest BCUT2D eigenvalue weighted by Crippen LogP contribution is -2.35. The van der Waals surface area contributed by atoms with Gasteiger partial charge in [0.2, 0.25) is 5.95 Å². The van der Waals surface area contributed by atoms with E-state index in [2.05, 4.69) is 69.5 Å². The van der Waals surface area contributed by atoms with E-state index in [0.29, 0.717) is 0 Å². The number of benzene rings is 1. The van der Waals surface area contributed by atoms with E-state index in [4.69, 9.17) is 0 Å². The van der Waals surface area contributed by atoms with Crippen molar-refractivity contribution < 1.29 is 0 Å². The predicted molar refractivity (Wildman–Crippen MR) is 104 cm³/mol. The van der Waals surface area contributed by atoms with Gasteiger partial charge < -0.3 is 15.1 Å². The molecule has 1 aliphatic heterocycles. The molecule has 25 heavy (non-hydrogen) atoms. The molecule has 2 heterocycles. The van der Waals surface area contributed by atoms with Crippen LogP contribution < -0.4 is 10.2 Å². The van der Waals surface area contributed by atoms with Gasteiger partial charge in [0.1, 0.15) is 5.82 Å². The average molecular weight is 339 g/mol. The number of nitrogens with one attached hydrogen (secondary N) is 1. The van der Waals surface area contributed by atoms with E-state index < -0.39 is 0 Å². The molecule has 0 bridgehead atoms. The monoisotopic (exact) mass is 339 g/mol. The normalized spacial score (nSPS) is 15.6. The Morgan fingerprint density at radius 1 is 1.12 bits per heavy atom. The van der Waals surface area contributed by atoms with Crippen molar-refractivity contribution in [2.75, 3.05) is 50.5 Å². The second-order valence-corrected chi connectivity index (χ2v) is 7.09. The molecule has 0 radical (unpaired) electrons. The summed E-state index contributed by atoms with van der Waals surface area (Å²) in [4.78, 5) is 13.6. The Kier molecular flexibility index (Phi) is 6.23. The molecule has 2 aromatic rings. The molecule has 1 aromatic carbocycles. The zero-order valence-electron chi connectivity index (χ0n) is 15.4. The van der Waals surface area contributed by atoms with Crippen LogP contribution in [0.3, 0.4) is 0 Å². The Morgan fingerprint density at radius 3 is 2.60 bits per heavy atom. The highest BCUT2D eigenvalue weighted by Gasteiger charge is 2.20. The SMILES string of the molecule is CN(C)CCNc1nccc(N2CCC(Cc3ccccc3)CC2)n1. The molecule has 1 saturated heterocycles. The van der Waals surface area contributed by atoms with Gasteiger partial charge in [-0.1, -0.05) is 30.3 Å². The number of aromatic nitrogens is 2. The number of piperidine rings is 1. The van der Waals surface area contributed by atoms with E-state index in [1.165, 1.54) is 24.8 Å². The number of rotatable bonds is 7. The number of anilines is 2. The summed E-state index contributed by atoms with van der Waals surface area (Å²) in [7, 11) is 4.14. The largest absolute Gasteiger partial charge is 0.356 e. The molecule has 5 heteroatoms. The molecule has 3 rings (SSSR count). The molecule has 0 spiro atoms. The Labute approximate surface area is 151 Å². The number of hydrogen-bond acceptors (Lipinski definition) is 5. The van der Waals surface area contributed by atoms with Crippen LogP contribution >= 0.6 is 0 Å². The first-order valence-corrected chi connectivity index (χ1v) is 9.21. The minimum atomic E-state index is 0.728. The van der Waals surface area contributed by atoms with Gasteiger partial charge in [-0.05, 0) is 50.9 Å². The Morgan fingerprint density at radius 2 is 1.88 bits per heavy atom. The molecule has 0 amide bonds. The summed E-state index contributed by atoms with van der Waals surface area (Å²) in [5, 5.41) is 3.31. The second kappa shape index (κ2) is 8.81. The summed E-state index contributed by atoms with van der Waals surface area (Å²) < 4.78 is 0. The first-order valence-electron chi connectivity index (χ1n) is 9.21. The molecule has 0 saturated carbocycles. The van der Waals surface area contributed by atoms with Crippen LogP contribution in [0.15, 0.2) is 42.6 Å². The van der Waals surface area contributed by atoms with Gasteiger partial charge in [-0.3, -0.25) is 0 Å². The number of likely N-dealkylation sites (N-methyl/N-ethyl adjacent to an activating group) is 1. The average Bonchev–Trinajstić information content (AvgIpc) is 2.63. The van der Waals surface area contributed by atoms with Crippen molar-refractivity contribution in [3.63, 3.8) is 0 Å². The van der Waals surface area contributed by atoms with Crippen LogP contribution in [0.25, 0.3) is 0 Å². The summed E-state index contributed by atoms with van der Waals surface area (Å²) in [6.45, 7) is 3.98. The molecule has 0 atom stereocenters. The summed E-state index contributed by atoms with van der Waals surface area (Å²) in [5.41, 5.74) is 1.45. The Hall–Kier alpha value is -2.14. The van der Waals surface area contributed by atoms with Crippen molar-refractivity contribution in [3.05, 3.63) is 48.2 Å². The topological polar surface area (TPSA) is 44.3 Å². The summed E-state index contributed by atoms with van der Waals surface area (Å²) >= 11 is 0. The quantitative estimate of drug-likeness (QED) is 0.840. The maximum atomic E-state index is 4.69. The first kappa shape index (κ1) is 17.7. The Balaban J connectivity index is 1.50. The van der Waals surface area contributed by atoms with Crippen molar-refractivity contribution in [1.29, 1.82) is 0 Å². The fraction of sp³-hybridized carbons (Fsp3) is 0.500. The second-order valence-electron chi connectivity index (χ2n) is 7.09. The summed E-state index contributed by atoms with van der Waals surface area (Å²) in [6, 6.07) is 12.9. The van der Waals surface area contributed by atoms with Crippen LogP contribution in [-0.2, 0) is 6.42 Å². The van der Waals surface area contributed by atoms with Crippen LogP contribution in [0.2, 0.25) is 0 Å². The van der Waals surface area contributed by atoms with Crippen LogP contribution in [0.1, 0.15) is 18.4 Å². The molecule has 1 N–H and O–H groups in total. The van der Waals surface area contributed by atoms with Crippen molar-refractivity contribution in [2.24, 2.45) is 5.92 Å². The van der Waals surface area contributed by atoms with E-state index in [1.54, 1.807) is 0 Å². The minimum Gasteiger partial charge on any atom is -0.356 e. The zero-order chi connectivity index (χ0) is 17.5. The molecule has 1 aromatic heterocycles. The van der Waals surface area contributed by atoms with Gasteiger partial charge in [0, 0.05) is 32.4 Å². The molecular formula is C20H29N5. The fourth-order valence-corrected chi connectivity index (χ4v) is 3.32. The van der Waals surface area contributed by atoms with Crippen LogP contribution in [0.4, 0.5) is 11.8 Å². The highest BCUT2D eigenvalue weighted by molar-refractivity contribution is 5.42. The van der Waals surface area contributed by atoms with E-state index in [0.717, 1.165) is 43.9 Å². The Bertz CT molecular complexity index is 636. The van der Waals surface area contributed by atoms with Gasteiger partial charge >= 0.3 is 0 Å². The van der Waals surface area contributed by atoms with Gasteiger partial charge in [0.15, 0.2) is 0 Å². The van der Waals surface area contributed by atoms with Crippen molar-refractivity contribution >= 4 is 11.8 Å².